The van der Waals surface area contributed by atoms with Crippen molar-refractivity contribution >= 4 is 15.9 Å². The Morgan fingerprint density at radius 1 is 1.62 bits per heavy atom. The first kappa shape index (κ1) is 10.6. The summed E-state index contributed by atoms with van der Waals surface area (Å²) in [5, 5.41) is 8.35. The van der Waals surface area contributed by atoms with Crippen LogP contribution in [0.1, 0.15) is 11.8 Å². The minimum absolute atomic E-state index is 0.0640. The Balaban J connectivity index is 2.84. The van der Waals surface area contributed by atoms with Gasteiger partial charge in [-0.1, -0.05) is 0 Å². The Bertz CT molecular complexity index is 290. The van der Waals surface area contributed by atoms with Crippen molar-refractivity contribution in [3.8, 4) is 0 Å². The number of furan rings is 1. The molecule has 1 heterocycles. The van der Waals surface area contributed by atoms with Gasteiger partial charge in [0.25, 0.3) is 5.92 Å². The molecule has 0 aromatic carbocycles. The van der Waals surface area contributed by atoms with Crippen LogP contribution in [-0.4, -0.2) is 17.6 Å². The third-order valence-corrected chi connectivity index (χ3v) is 1.99. The van der Waals surface area contributed by atoms with Crippen LogP contribution in [-0.2, 0) is 0 Å². The van der Waals surface area contributed by atoms with Gasteiger partial charge in [0.05, 0.1) is 0 Å². The van der Waals surface area contributed by atoms with Crippen molar-refractivity contribution in [2.45, 2.75) is 12.0 Å². The van der Waals surface area contributed by atoms with E-state index in [0.29, 0.717) is 4.67 Å². The molecule has 0 fully saturated rings. The normalized spacial score (nSPS) is 14.5. The fraction of sp³-hybridized carbons (Fsp3) is 0.429. The van der Waals surface area contributed by atoms with E-state index in [2.05, 4.69) is 15.9 Å². The Morgan fingerprint density at radius 3 is 2.62 bits per heavy atom. The molecule has 0 spiro atoms. The molecule has 0 bridgehead atoms. The zero-order valence-electron chi connectivity index (χ0n) is 6.51. The van der Waals surface area contributed by atoms with Crippen LogP contribution in [0.4, 0.5) is 8.78 Å². The lowest BCUT2D eigenvalue weighted by Gasteiger charge is -2.18. The van der Waals surface area contributed by atoms with Crippen LogP contribution >= 0.6 is 15.9 Å². The van der Waals surface area contributed by atoms with E-state index in [0.717, 1.165) is 0 Å². The third-order valence-electron chi connectivity index (χ3n) is 1.57. The van der Waals surface area contributed by atoms with E-state index in [1.807, 2.05) is 0 Å². The maximum absolute atomic E-state index is 12.8. The number of halogens is 3. The summed E-state index contributed by atoms with van der Waals surface area (Å²) in [5.74, 6) is -3.43. The average molecular weight is 256 g/mol. The second-order valence-electron chi connectivity index (χ2n) is 2.54. The Kier molecular flexibility index (Phi) is 3.05. The standard InChI is InChI=1S/C7H8BrF2NO2/c8-5-2-1-4(13-5)6(11)7(9,10)3-12/h1-2,6,12H,3,11H2/t6-/m1/s1. The summed E-state index contributed by atoms with van der Waals surface area (Å²) in [5.41, 5.74) is 5.17. The lowest BCUT2D eigenvalue weighted by Crippen LogP contribution is -2.35. The van der Waals surface area contributed by atoms with Crippen LogP contribution < -0.4 is 5.73 Å². The first-order valence-electron chi connectivity index (χ1n) is 3.47. The second-order valence-corrected chi connectivity index (χ2v) is 3.32. The molecule has 0 unspecified atom stereocenters. The molecule has 1 rings (SSSR count). The topological polar surface area (TPSA) is 59.4 Å². The fourth-order valence-corrected chi connectivity index (χ4v) is 1.12. The first-order valence-corrected chi connectivity index (χ1v) is 4.26. The smallest absolute Gasteiger partial charge is 0.292 e. The number of rotatable bonds is 3. The summed E-state index contributed by atoms with van der Waals surface area (Å²) in [7, 11) is 0. The highest BCUT2D eigenvalue weighted by atomic mass is 79.9. The van der Waals surface area contributed by atoms with Crippen molar-refractivity contribution in [1.29, 1.82) is 0 Å². The van der Waals surface area contributed by atoms with Crippen molar-refractivity contribution in [3.05, 3.63) is 22.6 Å². The number of alkyl halides is 2. The molecule has 3 nitrogen and oxygen atoms in total. The number of nitrogens with two attached hydrogens (primary N) is 1. The van der Waals surface area contributed by atoms with Crippen molar-refractivity contribution < 1.29 is 18.3 Å². The zero-order valence-corrected chi connectivity index (χ0v) is 8.09. The number of hydrogen-bond donors (Lipinski definition) is 2. The molecule has 0 aliphatic rings. The van der Waals surface area contributed by atoms with Gasteiger partial charge in [-0.15, -0.1) is 0 Å². The summed E-state index contributed by atoms with van der Waals surface area (Å²) in [6, 6.07) is 1.17. The van der Waals surface area contributed by atoms with E-state index in [9.17, 15) is 8.78 Å². The van der Waals surface area contributed by atoms with E-state index in [1.165, 1.54) is 12.1 Å². The summed E-state index contributed by atoms with van der Waals surface area (Å²) >= 11 is 2.96. The van der Waals surface area contributed by atoms with Gasteiger partial charge >= 0.3 is 0 Å². The molecule has 3 N–H and O–H groups in total. The average Bonchev–Trinajstić information content (AvgIpc) is 2.50. The van der Waals surface area contributed by atoms with Gasteiger partial charge in [-0.3, -0.25) is 0 Å². The van der Waals surface area contributed by atoms with Crippen LogP contribution in [0.3, 0.4) is 0 Å². The fourth-order valence-electron chi connectivity index (χ4n) is 0.802. The van der Waals surface area contributed by atoms with Gasteiger partial charge in [-0.2, -0.15) is 0 Å². The highest BCUT2D eigenvalue weighted by Gasteiger charge is 2.39. The predicted octanol–water partition coefficient (Wildman–Crippen LogP) is 1.67. The molecule has 74 valence electrons. The van der Waals surface area contributed by atoms with Crippen molar-refractivity contribution in [2.75, 3.05) is 6.61 Å². The van der Waals surface area contributed by atoms with Gasteiger partial charge in [-0.25, -0.2) is 8.78 Å². The number of hydrogen-bond acceptors (Lipinski definition) is 3. The number of aliphatic hydroxyl groups is 1. The zero-order chi connectivity index (χ0) is 10.1. The summed E-state index contributed by atoms with van der Waals surface area (Å²) < 4.78 is 30.7. The molecular formula is C7H8BrF2NO2. The van der Waals surface area contributed by atoms with Gasteiger partial charge < -0.3 is 15.3 Å². The number of aliphatic hydroxyl groups excluding tert-OH is 1. The molecule has 1 aromatic heterocycles. The minimum Gasteiger partial charge on any atom is -0.452 e. The second kappa shape index (κ2) is 3.73. The van der Waals surface area contributed by atoms with Gasteiger partial charge in [0.2, 0.25) is 0 Å². The molecule has 0 aliphatic carbocycles. The molecule has 1 atom stereocenters. The van der Waals surface area contributed by atoms with E-state index in [4.69, 9.17) is 15.3 Å². The lowest BCUT2D eigenvalue weighted by atomic mass is 10.1. The molecule has 0 saturated carbocycles. The molecule has 6 heteroatoms. The molecule has 1 aromatic rings. The van der Waals surface area contributed by atoms with Gasteiger partial charge in [0.15, 0.2) is 4.67 Å². The summed E-state index contributed by atoms with van der Waals surface area (Å²) in [6.07, 6.45) is 0. The Morgan fingerprint density at radius 2 is 2.23 bits per heavy atom. The molecule has 0 amide bonds. The monoisotopic (exact) mass is 255 g/mol. The van der Waals surface area contributed by atoms with Crippen molar-refractivity contribution in [3.63, 3.8) is 0 Å². The Hall–Kier alpha value is -0.460. The van der Waals surface area contributed by atoms with Crippen LogP contribution in [0.5, 0.6) is 0 Å². The largest absolute Gasteiger partial charge is 0.452 e. The highest BCUT2D eigenvalue weighted by Crippen LogP contribution is 2.30. The highest BCUT2D eigenvalue weighted by molar-refractivity contribution is 9.10. The minimum atomic E-state index is -3.36. The predicted molar refractivity (Wildman–Crippen MR) is 45.4 cm³/mol. The molecule has 0 aliphatic heterocycles. The van der Waals surface area contributed by atoms with Crippen LogP contribution in [0.2, 0.25) is 0 Å². The SMILES string of the molecule is N[C@H](c1ccc(Br)o1)C(F)(F)CO. The maximum Gasteiger partial charge on any atom is 0.292 e. The lowest BCUT2D eigenvalue weighted by molar-refractivity contribution is -0.0756. The molecule has 13 heavy (non-hydrogen) atoms. The van der Waals surface area contributed by atoms with Gasteiger partial charge in [-0.05, 0) is 28.1 Å². The molecular weight excluding hydrogens is 248 g/mol. The quantitative estimate of drug-likeness (QED) is 0.864. The summed E-state index contributed by atoms with van der Waals surface area (Å²) in [4.78, 5) is 0. The Labute approximate surface area is 81.7 Å². The molecule has 0 radical (unpaired) electrons. The van der Waals surface area contributed by atoms with Crippen molar-refractivity contribution in [1.82, 2.24) is 0 Å². The van der Waals surface area contributed by atoms with E-state index in [1.54, 1.807) is 0 Å². The first-order chi connectivity index (χ1) is 5.97. The maximum atomic E-state index is 12.8. The van der Waals surface area contributed by atoms with Crippen LogP contribution in [0.25, 0.3) is 0 Å². The van der Waals surface area contributed by atoms with Crippen molar-refractivity contribution in [2.24, 2.45) is 5.73 Å². The molecule has 0 saturated heterocycles. The third kappa shape index (κ3) is 2.26. The van der Waals surface area contributed by atoms with Gasteiger partial charge in [0.1, 0.15) is 18.4 Å². The van der Waals surface area contributed by atoms with E-state index in [-0.39, 0.29) is 5.76 Å². The summed E-state index contributed by atoms with van der Waals surface area (Å²) in [6.45, 7) is -1.30. The van der Waals surface area contributed by atoms with Crippen LogP contribution in [0, 0.1) is 0 Å². The van der Waals surface area contributed by atoms with E-state index >= 15 is 0 Å². The van der Waals surface area contributed by atoms with Crippen LogP contribution in [0.15, 0.2) is 21.2 Å². The van der Waals surface area contributed by atoms with E-state index < -0.39 is 18.6 Å². The van der Waals surface area contributed by atoms with Gasteiger partial charge in [0, 0.05) is 0 Å².